The number of carbonyl (C=O) groups is 3. The van der Waals surface area contributed by atoms with Crippen LogP contribution in [0.2, 0.25) is 0 Å². The van der Waals surface area contributed by atoms with Crippen LogP contribution in [0.4, 0.5) is 5.69 Å². The first kappa shape index (κ1) is 23.4. The molecule has 1 unspecified atom stereocenters. The normalized spacial score (nSPS) is 19.1. The number of carbonyl (C=O) groups excluding carboxylic acids is 3. The van der Waals surface area contributed by atoms with Crippen LogP contribution in [0.15, 0.2) is 53.0 Å². The molecule has 0 radical (unpaired) electrons. The largest absolute Gasteiger partial charge is 0.497 e. The van der Waals surface area contributed by atoms with Crippen molar-refractivity contribution in [2.75, 3.05) is 51.4 Å². The third kappa shape index (κ3) is 5.26. The maximum Gasteiger partial charge on any atom is 0.257 e. The summed E-state index contributed by atoms with van der Waals surface area (Å²) >= 11 is 3.37. The summed E-state index contributed by atoms with van der Waals surface area (Å²) in [5.41, 5.74) is 0.945. The van der Waals surface area contributed by atoms with Crippen molar-refractivity contribution >= 4 is 39.3 Å². The molecule has 2 aromatic rings. The Hall–Kier alpha value is -2.75. The number of imide groups is 1. The molecule has 0 N–H and O–H groups in total. The second kappa shape index (κ2) is 10.5. The van der Waals surface area contributed by atoms with Gasteiger partial charge in [0.2, 0.25) is 5.91 Å². The van der Waals surface area contributed by atoms with Gasteiger partial charge in [0.05, 0.1) is 32.4 Å². The fourth-order valence-corrected chi connectivity index (χ4v) is 4.36. The average molecular weight is 516 g/mol. The van der Waals surface area contributed by atoms with Gasteiger partial charge >= 0.3 is 0 Å². The van der Waals surface area contributed by atoms with Gasteiger partial charge in [0, 0.05) is 36.2 Å². The van der Waals surface area contributed by atoms with E-state index >= 15 is 0 Å². The Morgan fingerprint density at radius 3 is 2.39 bits per heavy atom. The van der Waals surface area contributed by atoms with Crippen molar-refractivity contribution in [1.29, 1.82) is 0 Å². The third-order valence-electron chi connectivity index (χ3n) is 5.94. The molecule has 2 heterocycles. The molecule has 2 aliphatic rings. The van der Waals surface area contributed by atoms with Gasteiger partial charge in [-0.25, -0.2) is 4.90 Å². The molecule has 174 valence electrons. The predicted molar refractivity (Wildman–Crippen MR) is 126 cm³/mol. The van der Waals surface area contributed by atoms with E-state index in [1.807, 2.05) is 0 Å². The molecule has 33 heavy (non-hydrogen) atoms. The van der Waals surface area contributed by atoms with E-state index in [1.54, 1.807) is 55.6 Å². The van der Waals surface area contributed by atoms with Crippen LogP contribution in [0.25, 0.3) is 0 Å². The van der Waals surface area contributed by atoms with Crippen LogP contribution < -0.4 is 9.64 Å². The van der Waals surface area contributed by atoms with Crippen LogP contribution in [-0.4, -0.2) is 80.1 Å². The molecular formula is C24H26BrN3O5. The number of methoxy groups -OCH3 is 1. The van der Waals surface area contributed by atoms with Gasteiger partial charge in [0.1, 0.15) is 11.8 Å². The van der Waals surface area contributed by atoms with Crippen molar-refractivity contribution < 1.29 is 23.9 Å². The molecule has 0 aliphatic carbocycles. The fourth-order valence-electron chi connectivity index (χ4n) is 4.09. The predicted octanol–water partition coefficient (Wildman–Crippen LogP) is 2.56. The number of ether oxygens (including phenoxy) is 2. The van der Waals surface area contributed by atoms with Crippen molar-refractivity contribution in [2.45, 2.75) is 12.5 Å². The number of amides is 3. The number of benzene rings is 2. The minimum absolute atomic E-state index is 0.0418. The SMILES string of the molecule is COc1ccc(C(=O)N(CCN2CCOCC2)C2CC(=O)N(c3ccc(Br)cc3)C2=O)cc1. The van der Waals surface area contributed by atoms with Crippen molar-refractivity contribution in [2.24, 2.45) is 0 Å². The second-order valence-corrected chi connectivity index (χ2v) is 8.86. The monoisotopic (exact) mass is 515 g/mol. The summed E-state index contributed by atoms with van der Waals surface area (Å²) in [6, 6.07) is 12.9. The van der Waals surface area contributed by atoms with Crippen LogP contribution in [0, 0.1) is 0 Å². The zero-order valence-corrected chi connectivity index (χ0v) is 20.0. The van der Waals surface area contributed by atoms with E-state index in [-0.39, 0.29) is 24.1 Å². The Bertz CT molecular complexity index is 1010. The highest BCUT2D eigenvalue weighted by Crippen LogP contribution is 2.28. The first-order valence-corrected chi connectivity index (χ1v) is 11.6. The van der Waals surface area contributed by atoms with Gasteiger partial charge in [-0.3, -0.25) is 19.3 Å². The number of nitrogens with zero attached hydrogens (tertiary/aromatic N) is 3. The summed E-state index contributed by atoms with van der Waals surface area (Å²) < 4.78 is 11.4. The molecule has 0 aromatic heterocycles. The minimum atomic E-state index is -0.850. The number of hydrogen-bond donors (Lipinski definition) is 0. The summed E-state index contributed by atoms with van der Waals surface area (Å²) in [6.45, 7) is 3.76. The molecular weight excluding hydrogens is 490 g/mol. The van der Waals surface area contributed by atoms with E-state index in [9.17, 15) is 14.4 Å². The second-order valence-electron chi connectivity index (χ2n) is 7.94. The van der Waals surface area contributed by atoms with Crippen LogP contribution >= 0.6 is 15.9 Å². The molecule has 0 spiro atoms. The highest BCUT2D eigenvalue weighted by Gasteiger charge is 2.44. The van der Waals surface area contributed by atoms with Crippen LogP contribution in [0.3, 0.4) is 0 Å². The molecule has 2 aliphatic heterocycles. The summed E-state index contributed by atoms with van der Waals surface area (Å²) in [4.78, 5) is 44.6. The van der Waals surface area contributed by atoms with Crippen LogP contribution in [0.1, 0.15) is 16.8 Å². The lowest BCUT2D eigenvalue weighted by Crippen LogP contribution is -2.49. The molecule has 0 bridgehead atoms. The van der Waals surface area contributed by atoms with Crippen molar-refractivity contribution in [3.63, 3.8) is 0 Å². The van der Waals surface area contributed by atoms with Crippen molar-refractivity contribution in [3.05, 3.63) is 58.6 Å². The highest BCUT2D eigenvalue weighted by atomic mass is 79.9. The zero-order chi connectivity index (χ0) is 23.4. The number of hydrogen-bond acceptors (Lipinski definition) is 6. The number of rotatable bonds is 7. The smallest absolute Gasteiger partial charge is 0.257 e. The summed E-state index contributed by atoms with van der Waals surface area (Å²) in [5.74, 6) is -0.341. The summed E-state index contributed by atoms with van der Waals surface area (Å²) in [7, 11) is 1.56. The van der Waals surface area contributed by atoms with E-state index < -0.39 is 6.04 Å². The van der Waals surface area contributed by atoms with Gasteiger partial charge in [-0.15, -0.1) is 0 Å². The Morgan fingerprint density at radius 2 is 1.76 bits per heavy atom. The Balaban J connectivity index is 1.58. The molecule has 2 aromatic carbocycles. The molecule has 2 saturated heterocycles. The van der Waals surface area contributed by atoms with Crippen molar-refractivity contribution in [3.8, 4) is 5.75 Å². The van der Waals surface area contributed by atoms with Gasteiger partial charge in [0.15, 0.2) is 0 Å². The van der Waals surface area contributed by atoms with Crippen molar-refractivity contribution in [1.82, 2.24) is 9.80 Å². The van der Waals surface area contributed by atoms with Gasteiger partial charge < -0.3 is 14.4 Å². The van der Waals surface area contributed by atoms with Crippen LogP contribution in [0.5, 0.6) is 5.75 Å². The maximum atomic E-state index is 13.5. The molecule has 1 atom stereocenters. The van der Waals surface area contributed by atoms with Gasteiger partial charge in [0.25, 0.3) is 11.8 Å². The standard InChI is InChI=1S/C24H26BrN3O5/c1-32-20-8-2-17(3-9-20)23(30)27(11-10-26-12-14-33-15-13-26)21-16-22(29)28(24(21)31)19-6-4-18(25)5-7-19/h2-9,21H,10-16H2,1H3. The number of morpholine rings is 1. The Kier molecular flexibility index (Phi) is 7.42. The number of halogens is 1. The molecule has 8 nitrogen and oxygen atoms in total. The first-order chi connectivity index (χ1) is 16.0. The fraction of sp³-hybridized carbons (Fsp3) is 0.375. The van der Waals surface area contributed by atoms with Gasteiger partial charge in [-0.1, -0.05) is 15.9 Å². The Labute approximate surface area is 201 Å². The highest BCUT2D eigenvalue weighted by molar-refractivity contribution is 9.10. The number of anilines is 1. The molecule has 2 fully saturated rings. The van der Waals surface area contributed by atoms with Crippen LogP contribution in [-0.2, 0) is 14.3 Å². The summed E-state index contributed by atoms with van der Waals surface area (Å²) in [5, 5.41) is 0. The van der Waals surface area contributed by atoms with E-state index in [0.717, 1.165) is 17.6 Å². The Morgan fingerprint density at radius 1 is 1.09 bits per heavy atom. The third-order valence-corrected chi connectivity index (χ3v) is 6.47. The maximum absolute atomic E-state index is 13.5. The molecule has 4 rings (SSSR count). The van der Waals surface area contributed by atoms with E-state index in [0.29, 0.717) is 43.3 Å². The van der Waals surface area contributed by atoms with E-state index in [1.165, 1.54) is 9.80 Å². The topological polar surface area (TPSA) is 79.4 Å². The van der Waals surface area contributed by atoms with Gasteiger partial charge in [-0.05, 0) is 48.5 Å². The quantitative estimate of drug-likeness (QED) is 0.527. The minimum Gasteiger partial charge on any atom is -0.497 e. The zero-order valence-electron chi connectivity index (χ0n) is 18.4. The molecule has 3 amide bonds. The average Bonchev–Trinajstić information content (AvgIpc) is 3.14. The lowest BCUT2D eigenvalue weighted by Gasteiger charge is -2.32. The lowest BCUT2D eigenvalue weighted by molar-refractivity contribution is -0.122. The molecule has 9 heteroatoms. The summed E-state index contributed by atoms with van der Waals surface area (Å²) in [6.07, 6.45) is -0.0418. The van der Waals surface area contributed by atoms with E-state index in [4.69, 9.17) is 9.47 Å². The lowest BCUT2D eigenvalue weighted by atomic mass is 10.1. The first-order valence-electron chi connectivity index (χ1n) is 10.9. The molecule has 0 saturated carbocycles. The van der Waals surface area contributed by atoms with Gasteiger partial charge in [-0.2, -0.15) is 0 Å². The van der Waals surface area contributed by atoms with E-state index in [2.05, 4.69) is 20.8 Å².